The number of rotatable bonds is 13. The molecule has 12 rings (SSSR count). The second-order valence-corrected chi connectivity index (χ2v) is 27.9. The predicted molar refractivity (Wildman–Crippen MR) is 345 cm³/mol. The summed E-state index contributed by atoms with van der Waals surface area (Å²) in [5.74, 6) is 8.77. The van der Waals surface area contributed by atoms with E-state index in [1.54, 1.807) is 87.2 Å². The minimum Gasteiger partial charge on any atom is -0.360 e. The van der Waals surface area contributed by atoms with Crippen molar-refractivity contribution in [2.45, 2.75) is 90.6 Å². The molecule has 4 aromatic heterocycles. The highest BCUT2D eigenvalue weighted by Crippen LogP contribution is 2.42. The largest absolute Gasteiger partial charge is 0.360 e. The summed E-state index contributed by atoms with van der Waals surface area (Å²) in [5.41, 5.74) is 2.26. The van der Waals surface area contributed by atoms with E-state index < -0.39 is 30.7 Å². The number of fused-ring (bicyclic) bond motifs is 2. The quantitative estimate of drug-likeness (QED) is 0.0323. The summed E-state index contributed by atoms with van der Waals surface area (Å²) in [7, 11) is -3.13. The number of aromatic nitrogens is 2. The predicted octanol–water partition coefficient (Wildman–Crippen LogP) is 9.84. The van der Waals surface area contributed by atoms with Gasteiger partial charge in [0.15, 0.2) is 0 Å². The number of nitrogens with zero attached hydrogens (tertiary/aromatic N) is 7. The smallest absolute Gasteiger partial charge is 0.295 e. The van der Waals surface area contributed by atoms with Crippen LogP contribution in [0.2, 0.25) is 10.0 Å². The number of aromatic amines is 1. The van der Waals surface area contributed by atoms with Crippen molar-refractivity contribution in [3.8, 4) is 0 Å². The third-order valence-electron chi connectivity index (χ3n) is 16.8. The number of amides is 4. The van der Waals surface area contributed by atoms with Crippen LogP contribution in [0.4, 0.5) is 0 Å². The molecule has 4 atom stereocenters. The molecule has 23 heteroatoms. The molecule has 4 fully saturated rings. The van der Waals surface area contributed by atoms with Crippen LogP contribution in [0.15, 0.2) is 132 Å². The highest BCUT2D eigenvalue weighted by Gasteiger charge is 2.37. The first-order chi connectivity index (χ1) is 41.8. The molecule has 87 heavy (non-hydrogen) atoms. The van der Waals surface area contributed by atoms with Crippen molar-refractivity contribution in [2.24, 2.45) is 5.90 Å². The molecule has 4 aliphatic rings. The molecule has 0 unspecified atom stereocenters. The zero-order valence-corrected chi connectivity index (χ0v) is 53.0. The molecule has 4 saturated heterocycles. The van der Waals surface area contributed by atoms with E-state index in [1.165, 1.54) is 20.6 Å². The minimum absolute atomic E-state index is 0.00879. The summed E-state index contributed by atoms with van der Waals surface area (Å²) in [4.78, 5) is 96.2. The molecular weight excluding hydrogens is 1200 g/mol. The van der Waals surface area contributed by atoms with Gasteiger partial charge in [0.2, 0.25) is 0 Å². The van der Waals surface area contributed by atoms with E-state index in [2.05, 4.69) is 70.6 Å². The van der Waals surface area contributed by atoms with Gasteiger partial charge in [0.1, 0.15) is 0 Å². The maximum Gasteiger partial charge on any atom is 0.295 e. The van der Waals surface area contributed by atoms with Gasteiger partial charge in [-0.1, -0.05) is 71.7 Å². The fraction of sp³-hybridized carbons (Fsp3) is 0.344. The Bertz CT molecular complexity index is 3790. The molecule has 4 aliphatic heterocycles. The number of H-pyrrole nitrogens is 1. The van der Waals surface area contributed by atoms with Gasteiger partial charge in [0, 0.05) is 139 Å². The van der Waals surface area contributed by atoms with Crippen LogP contribution in [-0.2, 0) is 31.9 Å². The number of thiophene rings is 2. The van der Waals surface area contributed by atoms with Gasteiger partial charge in [-0.15, -0.1) is 22.7 Å². The number of hydrogen-bond acceptors (Lipinski definition) is 14. The fourth-order valence-electron chi connectivity index (χ4n) is 11.9. The fourth-order valence-corrected chi connectivity index (χ4v) is 15.5. The number of nitrogens with one attached hydrogen (secondary N) is 1. The van der Waals surface area contributed by atoms with E-state index in [4.69, 9.17) is 39.6 Å². The second kappa shape index (κ2) is 27.6. The molecule has 0 spiro atoms. The van der Waals surface area contributed by atoms with Gasteiger partial charge in [-0.25, -0.2) is 10.5 Å². The van der Waals surface area contributed by atoms with Gasteiger partial charge >= 0.3 is 0 Å². The molecule has 4 aromatic carbocycles. The van der Waals surface area contributed by atoms with E-state index >= 15 is 0 Å². The lowest BCUT2D eigenvalue weighted by molar-refractivity contribution is -0.126. The van der Waals surface area contributed by atoms with Gasteiger partial charge in [0.05, 0.1) is 37.8 Å². The standard InChI is InChI=1S/C26H30ClN5O3S.C26H29ClN4O3S.C12H12NO2P/c1-16-13-31(17(2)12-30(16)14-18-6-5-9-36-18)25(34)20-10-19-21(15-32(28)23(19)11-22(20)27)24(33)26(35)29-7-3-4-8-29;1-16-14-31(17(2)13-30(16)15-18-6-5-9-35-18)25(33)20-10-19-21(12-28-23(19)11-22(20)27)24(32)26(34)29-7-3-4-8-29;13-15-16(14,11-7-3-1-4-8-11)12-9-5-2-6-10-12/h5-6,9-11,15-17H,3-4,7-8,12-14,28H2,1-2H3;5-6,9-12,16-17,28H,3-4,7-8,13-15H2,1-2H3;1-10H,13H2/t2*16-,17+;/m00./s1. The van der Waals surface area contributed by atoms with E-state index in [-0.39, 0.29) is 52.1 Å². The number of ketones is 2. The zero-order chi connectivity index (χ0) is 61.7. The molecule has 0 radical (unpaired) electrons. The van der Waals surface area contributed by atoms with Crippen molar-refractivity contribution in [1.29, 1.82) is 0 Å². The maximum atomic E-state index is 13.7. The second-order valence-electron chi connectivity index (χ2n) is 22.7. The third kappa shape index (κ3) is 13.7. The van der Waals surface area contributed by atoms with Gasteiger partial charge in [-0.05, 0) is 125 Å². The lowest BCUT2D eigenvalue weighted by atomic mass is 10.0. The van der Waals surface area contributed by atoms with Crippen molar-refractivity contribution >= 4 is 121 Å². The molecule has 0 aliphatic carbocycles. The number of hydrogen-bond donors (Lipinski definition) is 3. The van der Waals surface area contributed by atoms with E-state index in [0.717, 1.165) is 51.9 Å². The van der Waals surface area contributed by atoms with Crippen molar-refractivity contribution in [3.63, 3.8) is 0 Å². The summed E-state index contributed by atoms with van der Waals surface area (Å²) in [6.45, 7) is 15.1. The highest BCUT2D eigenvalue weighted by molar-refractivity contribution is 7.74. The van der Waals surface area contributed by atoms with Crippen LogP contribution in [0.25, 0.3) is 21.8 Å². The molecule has 5 N–H and O–H groups in total. The molecule has 18 nitrogen and oxygen atoms in total. The molecule has 0 bridgehead atoms. The van der Waals surface area contributed by atoms with Gasteiger partial charge < -0.3 is 30.4 Å². The Labute approximate surface area is 523 Å². The minimum atomic E-state index is -3.13. The van der Waals surface area contributed by atoms with E-state index in [1.807, 2.05) is 53.1 Å². The number of nitrogens with two attached hydrogens (primary N) is 2. The third-order valence-corrected chi connectivity index (χ3v) is 21.4. The Hall–Kier alpha value is -6.97. The van der Waals surface area contributed by atoms with Crippen LogP contribution >= 0.6 is 53.2 Å². The number of nitrogen functional groups attached to an aromatic ring is 1. The molecule has 0 saturated carbocycles. The van der Waals surface area contributed by atoms with Crippen LogP contribution in [0.5, 0.6) is 0 Å². The Morgan fingerprint density at radius 2 is 1.02 bits per heavy atom. The van der Waals surface area contributed by atoms with Gasteiger partial charge in [0.25, 0.3) is 42.6 Å². The highest BCUT2D eigenvalue weighted by atomic mass is 35.5. The summed E-state index contributed by atoms with van der Waals surface area (Å²) in [6.07, 6.45) is 6.60. The summed E-state index contributed by atoms with van der Waals surface area (Å²) in [5, 5.41) is 6.96. The average Bonchev–Trinajstić information content (AvgIpc) is 2.18. The number of likely N-dealkylation sites (tertiary alicyclic amines) is 2. The molecule has 8 aromatic rings. The van der Waals surface area contributed by atoms with Crippen molar-refractivity contribution in [1.82, 2.24) is 39.1 Å². The number of Topliss-reactive ketones (excluding diaryl/α,β-unsaturated/α-hetero) is 2. The lowest BCUT2D eigenvalue weighted by Gasteiger charge is -2.44. The van der Waals surface area contributed by atoms with Crippen molar-refractivity contribution < 1.29 is 38.0 Å². The van der Waals surface area contributed by atoms with Gasteiger partial charge in [-0.3, -0.25) is 47.8 Å². The van der Waals surface area contributed by atoms with Crippen molar-refractivity contribution in [3.05, 3.63) is 174 Å². The van der Waals surface area contributed by atoms with Crippen LogP contribution in [0, 0.1) is 0 Å². The number of carbonyl (C=O) groups excluding carboxylic acids is 6. The van der Waals surface area contributed by atoms with Crippen molar-refractivity contribution in [2.75, 3.05) is 58.2 Å². The normalized spacial score (nSPS) is 19.2. The van der Waals surface area contributed by atoms with Crippen LogP contribution in [0.3, 0.4) is 0 Å². The SMILES string of the molecule is C[C@@H]1CN(Cc2cccs2)[C@@H](C)CN1C(=O)c1cc2c(C(=O)C(=O)N3CCCC3)c[nH]c2cc1Cl.C[C@@H]1CN(Cc2cccs2)[C@@H](C)CN1C(=O)c1cc2c(C(=O)C(=O)N3CCCC3)cn(N)c2cc1Cl.NOP(=O)(c1ccccc1)c1ccccc1. The van der Waals surface area contributed by atoms with Crippen LogP contribution in [-0.4, -0.2) is 151 Å². The molecule has 4 amide bonds. The number of benzene rings is 4. The van der Waals surface area contributed by atoms with Crippen LogP contribution in [0.1, 0.15) is 105 Å². The monoisotopic (exact) mass is 1270 g/mol. The summed E-state index contributed by atoms with van der Waals surface area (Å²) < 4.78 is 18.7. The molecule has 456 valence electrons. The van der Waals surface area contributed by atoms with Gasteiger partial charge in [-0.2, -0.15) is 0 Å². The zero-order valence-electron chi connectivity index (χ0n) is 49.0. The Morgan fingerprint density at radius 3 is 1.47 bits per heavy atom. The number of halogens is 2. The first-order valence-electron chi connectivity index (χ1n) is 29.2. The molecule has 8 heterocycles. The van der Waals surface area contributed by atoms with Crippen LogP contribution < -0.4 is 22.3 Å². The molecular formula is C64H71Cl2N10O8PS2. The first kappa shape index (κ1) is 63.1. The average molecular weight is 1270 g/mol. The van der Waals surface area contributed by atoms with E-state index in [0.29, 0.717) is 87.8 Å². The van der Waals surface area contributed by atoms with E-state index in [9.17, 15) is 33.3 Å². The summed E-state index contributed by atoms with van der Waals surface area (Å²) in [6, 6.07) is 33.2. The summed E-state index contributed by atoms with van der Waals surface area (Å²) >= 11 is 16.6. The lowest BCUT2D eigenvalue weighted by Crippen LogP contribution is -2.57. The Morgan fingerprint density at radius 1 is 0.575 bits per heavy atom. The Kier molecular flexibility index (Phi) is 20.0. The first-order valence-corrected chi connectivity index (χ1v) is 33.3. The Balaban J connectivity index is 0.000000155. The number of piperazine rings is 2. The maximum absolute atomic E-state index is 13.7. The topological polar surface area (TPSA) is 221 Å². The number of carbonyl (C=O) groups is 6.